The largest absolute Gasteiger partial charge is 0.584 e. The molecule has 4 nitrogen and oxygen atoms in total. The standard InChI is InChI=1S/C65H47O4P/c66-70(67)68-63-53(59-55(45-23-11-3-12-24-45)39-51(43-19-7-1-8-20-43)40-56(59)46-25-13-4-14-26-46)33-31-49-35-37-65(61(49)63)38-36-50-32-34-54(64(69-70)62(50)65)60-57(47-27-15-5-16-28-47)41-52(44-21-9-2-10-22-44)42-58(60)48-29-17-6-18-30-48/h1-34,39-42H,35-38H2,(H,66,67). The minimum absolute atomic E-state index is 0.425. The molecule has 70 heavy (non-hydrogen) atoms. The Morgan fingerprint density at radius 1 is 0.343 bits per heavy atom. The number of phosphoric acid groups is 1. The molecule has 10 aromatic carbocycles. The van der Waals surface area contributed by atoms with E-state index < -0.39 is 13.2 Å². The fourth-order valence-corrected chi connectivity index (χ4v) is 12.7. The Hall–Kier alpha value is -8.01. The van der Waals surface area contributed by atoms with Gasteiger partial charge >= 0.3 is 7.82 Å². The molecule has 1 N–H and O–H groups in total. The monoisotopic (exact) mass is 922 g/mol. The minimum atomic E-state index is -4.92. The average molecular weight is 923 g/mol. The summed E-state index contributed by atoms with van der Waals surface area (Å²) >= 11 is 0. The topological polar surface area (TPSA) is 55.8 Å². The first kappa shape index (κ1) is 42.1. The van der Waals surface area contributed by atoms with Crippen molar-refractivity contribution in [2.75, 3.05) is 0 Å². The van der Waals surface area contributed by atoms with E-state index in [2.05, 4.69) is 194 Å². The third-order valence-electron chi connectivity index (χ3n) is 14.9. The number of benzene rings is 10. The van der Waals surface area contributed by atoms with E-state index in [1.807, 2.05) is 36.4 Å². The Morgan fingerprint density at radius 3 is 0.929 bits per heavy atom. The number of phosphoric ester groups is 1. The maximum Gasteiger partial charge on any atom is 0.584 e. The van der Waals surface area contributed by atoms with Crippen LogP contribution in [0.5, 0.6) is 11.5 Å². The van der Waals surface area contributed by atoms with Gasteiger partial charge in [0.2, 0.25) is 0 Å². The summed E-state index contributed by atoms with van der Waals surface area (Å²) in [6, 6.07) is 80.5. The molecular weight excluding hydrogens is 876 g/mol. The van der Waals surface area contributed by atoms with Gasteiger partial charge in [-0.25, -0.2) is 4.57 Å². The van der Waals surface area contributed by atoms with Gasteiger partial charge in [-0.2, -0.15) is 0 Å². The first-order valence-corrected chi connectivity index (χ1v) is 25.7. The summed E-state index contributed by atoms with van der Waals surface area (Å²) in [6.45, 7) is 0. The minimum Gasteiger partial charge on any atom is -0.394 e. The van der Waals surface area contributed by atoms with Crippen LogP contribution in [0.15, 0.2) is 231 Å². The van der Waals surface area contributed by atoms with E-state index >= 15 is 4.57 Å². The van der Waals surface area contributed by atoms with Crippen molar-refractivity contribution in [2.24, 2.45) is 0 Å². The molecule has 0 unspecified atom stereocenters. The van der Waals surface area contributed by atoms with E-state index in [-0.39, 0.29) is 0 Å². The highest BCUT2D eigenvalue weighted by Crippen LogP contribution is 2.67. The third-order valence-corrected chi connectivity index (χ3v) is 15.7. The van der Waals surface area contributed by atoms with Crippen molar-refractivity contribution < 1.29 is 18.5 Å². The predicted molar refractivity (Wildman–Crippen MR) is 285 cm³/mol. The van der Waals surface area contributed by atoms with E-state index in [0.29, 0.717) is 11.5 Å². The lowest BCUT2D eigenvalue weighted by molar-refractivity contribution is 0.281. The van der Waals surface area contributed by atoms with Gasteiger partial charge in [-0.3, -0.25) is 4.89 Å². The van der Waals surface area contributed by atoms with Crippen molar-refractivity contribution in [3.63, 3.8) is 0 Å². The van der Waals surface area contributed by atoms with Gasteiger partial charge in [-0.1, -0.05) is 206 Å². The second-order valence-corrected chi connectivity index (χ2v) is 20.1. The van der Waals surface area contributed by atoms with E-state index in [1.165, 1.54) is 0 Å². The first-order chi connectivity index (χ1) is 34.4. The van der Waals surface area contributed by atoms with E-state index in [9.17, 15) is 4.89 Å². The fraction of sp³-hybridized carbons (Fsp3) is 0.0769. The summed E-state index contributed by atoms with van der Waals surface area (Å²) in [4.78, 5) is 12.6. The zero-order valence-electron chi connectivity index (χ0n) is 38.4. The molecule has 2 aliphatic carbocycles. The van der Waals surface area contributed by atoms with Gasteiger partial charge in [-0.05, 0) is 128 Å². The van der Waals surface area contributed by atoms with Crippen LogP contribution in [0.1, 0.15) is 35.1 Å². The van der Waals surface area contributed by atoms with Crippen molar-refractivity contribution >= 4 is 7.82 Å². The van der Waals surface area contributed by atoms with Crippen molar-refractivity contribution in [1.29, 1.82) is 0 Å². The van der Waals surface area contributed by atoms with Crippen LogP contribution in [0, 0.1) is 0 Å². The number of hydrogen-bond acceptors (Lipinski definition) is 3. The molecule has 10 aromatic rings. The third kappa shape index (κ3) is 7.06. The summed E-state index contributed by atoms with van der Waals surface area (Å²) in [5, 5.41) is 0. The first-order valence-electron chi connectivity index (χ1n) is 24.2. The molecule has 13 rings (SSSR count). The lowest BCUT2D eigenvalue weighted by atomic mass is 9.73. The van der Waals surface area contributed by atoms with Gasteiger partial charge in [0.15, 0.2) is 0 Å². The molecule has 5 heteroatoms. The van der Waals surface area contributed by atoms with Crippen LogP contribution >= 0.6 is 7.82 Å². The number of aryl methyl sites for hydroxylation is 2. The Kier molecular flexibility index (Phi) is 10.2. The number of hydrogen-bond donors (Lipinski definition) is 1. The molecule has 336 valence electrons. The molecule has 3 aliphatic rings. The maximum absolute atomic E-state index is 15.4. The summed E-state index contributed by atoms with van der Waals surface area (Å²) in [5.41, 5.74) is 19.6. The van der Waals surface area contributed by atoms with Crippen LogP contribution in [-0.4, -0.2) is 4.89 Å². The maximum atomic E-state index is 15.4. The lowest BCUT2D eigenvalue weighted by Gasteiger charge is -2.35. The predicted octanol–water partition coefficient (Wildman–Crippen LogP) is 17.1. The van der Waals surface area contributed by atoms with Crippen molar-refractivity contribution in [1.82, 2.24) is 0 Å². The summed E-state index contributed by atoms with van der Waals surface area (Å²) in [7, 11) is -4.92. The van der Waals surface area contributed by atoms with Crippen LogP contribution in [0.3, 0.4) is 0 Å². The quantitative estimate of drug-likeness (QED) is 0.154. The van der Waals surface area contributed by atoms with Gasteiger partial charge in [-0.15, -0.1) is 0 Å². The Labute approximate surface area is 408 Å². The van der Waals surface area contributed by atoms with Gasteiger partial charge in [0, 0.05) is 38.8 Å². The van der Waals surface area contributed by atoms with Crippen molar-refractivity contribution in [3.05, 3.63) is 253 Å². The zero-order chi connectivity index (χ0) is 46.8. The van der Waals surface area contributed by atoms with Crippen LogP contribution in [0.25, 0.3) is 89.0 Å². The Morgan fingerprint density at radius 2 is 0.629 bits per heavy atom. The van der Waals surface area contributed by atoms with Gasteiger partial charge < -0.3 is 9.05 Å². The van der Waals surface area contributed by atoms with Crippen LogP contribution in [0.2, 0.25) is 0 Å². The van der Waals surface area contributed by atoms with Gasteiger partial charge in [0.25, 0.3) is 0 Å². The number of rotatable bonds is 8. The molecule has 0 amide bonds. The van der Waals surface area contributed by atoms with E-state index in [4.69, 9.17) is 9.05 Å². The van der Waals surface area contributed by atoms with Crippen molar-refractivity contribution in [2.45, 2.75) is 31.1 Å². The van der Waals surface area contributed by atoms with Crippen LogP contribution < -0.4 is 9.05 Å². The van der Waals surface area contributed by atoms with Gasteiger partial charge in [0.05, 0.1) is 0 Å². The second kappa shape index (κ2) is 16.9. The Bertz CT molecular complexity index is 3310. The van der Waals surface area contributed by atoms with Crippen molar-refractivity contribution in [3.8, 4) is 101 Å². The zero-order valence-corrected chi connectivity index (χ0v) is 39.3. The van der Waals surface area contributed by atoms with E-state index in [1.54, 1.807) is 0 Å². The van der Waals surface area contributed by atoms with Gasteiger partial charge in [0.1, 0.15) is 11.5 Å². The highest BCUT2D eigenvalue weighted by atomic mass is 31.2. The fourth-order valence-electron chi connectivity index (χ4n) is 11.8. The lowest BCUT2D eigenvalue weighted by Crippen LogP contribution is -2.25. The molecule has 1 spiro atoms. The Balaban J connectivity index is 1.10. The summed E-state index contributed by atoms with van der Waals surface area (Å²) in [5.74, 6) is 0.849. The molecule has 0 radical (unpaired) electrons. The highest BCUT2D eigenvalue weighted by Gasteiger charge is 2.53. The second-order valence-electron chi connectivity index (χ2n) is 18.8. The SMILES string of the molecule is O=P1(O)Oc2c(-c3c(-c4ccccc4)cc(-c4ccccc4)cc3-c3ccccc3)ccc3c2C2(CC3)CCc3ccc(-c4c(-c5ccccc5)cc(-c5ccccc5)cc4-c4ccccc4)c(c32)O1. The summed E-state index contributed by atoms with van der Waals surface area (Å²) < 4.78 is 29.0. The highest BCUT2D eigenvalue weighted by molar-refractivity contribution is 7.48. The molecule has 0 fully saturated rings. The molecule has 1 heterocycles. The van der Waals surface area contributed by atoms with E-state index in [0.717, 1.165) is 137 Å². The molecule has 0 atom stereocenters. The van der Waals surface area contributed by atoms with Crippen LogP contribution in [0.4, 0.5) is 0 Å². The molecular formula is C65H47O4P. The van der Waals surface area contributed by atoms with Crippen LogP contribution in [-0.2, 0) is 22.8 Å². The average Bonchev–Trinajstić information content (AvgIpc) is 3.99. The molecule has 0 aromatic heterocycles. The molecule has 0 saturated heterocycles. The molecule has 1 aliphatic heterocycles. The normalized spacial score (nSPS) is 14.6. The molecule has 0 saturated carbocycles. The molecule has 0 bridgehead atoms. The smallest absolute Gasteiger partial charge is 0.394 e. The summed E-state index contributed by atoms with van der Waals surface area (Å²) in [6.07, 6.45) is 3.23.